The second-order valence-corrected chi connectivity index (χ2v) is 5.08. The summed E-state index contributed by atoms with van der Waals surface area (Å²) in [6, 6.07) is -3.84. The molecular formula is C12H22N4O6. The van der Waals surface area contributed by atoms with Gasteiger partial charge in [-0.2, -0.15) is 0 Å². The maximum absolute atomic E-state index is 11.9. The van der Waals surface area contributed by atoms with Crippen molar-refractivity contribution in [1.29, 1.82) is 0 Å². The number of carbonyl (C=O) groups is 4. The number of hydrogen-bond donors (Lipinski definition) is 6. The van der Waals surface area contributed by atoms with Crippen molar-refractivity contribution in [2.24, 2.45) is 17.4 Å². The van der Waals surface area contributed by atoms with Crippen molar-refractivity contribution in [1.82, 2.24) is 10.6 Å². The highest BCUT2D eigenvalue weighted by molar-refractivity contribution is 5.94. The van der Waals surface area contributed by atoms with Gasteiger partial charge in [0.15, 0.2) is 0 Å². The molecule has 3 amide bonds. The first-order valence-electron chi connectivity index (χ1n) is 6.58. The van der Waals surface area contributed by atoms with E-state index in [0.717, 1.165) is 0 Å². The second-order valence-electron chi connectivity index (χ2n) is 5.08. The Bertz CT molecular complexity index is 439. The summed E-state index contributed by atoms with van der Waals surface area (Å²) in [4.78, 5) is 45.5. The van der Waals surface area contributed by atoms with Crippen LogP contribution >= 0.6 is 0 Å². The number of carbonyl (C=O) groups excluding carboxylic acids is 3. The quantitative estimate of drug-likeness (QED) is 0.260. The number of carboxylic acids is 1. The van der Waals surface area contributed by atoms with Gasteiger partial charge in [-0.05, 0) is 5.92 Å². The third-order valence-electron chi connectivity index (χ3n) is 2.86. The van der Waals surface area contributed by atoms with Crippen molar-refractivity contribution in [3.8, 4) is 0 Å². The topological polar surface area (TPSA) is 185 Å². The Kier molecular flexibility index (Phi) is 8.05. The van der Waals surface area contributed by atoms with Gasteiger partial charge in [0.1, 0.15) is 12.1 Å². The minimum atomic E-state index is -1.56. The van der Waals surface area contributed by atoms with Crippen LogP contribution in [0.15, 0.2) is 0 Å². The lowest BCUT2D eigenvalue weighted by molar-refractivity contribution is -0.143. The van der Waals surface area contributed by atoms with E-state index in [4.69, 9.17) is 21.7 Å². The molecule has 10 heteroatoms. The lowest BCUT2D eigenvalue weighted by Crippen LogP contribution is -2.56. The third-order valence-corrected chi connectivity index (χ3v) is 2.86. The van der Waals surface area contributed by atoms with E-state index in [1.165, 1.54) is 0 Å². The number of aliphatic hydroxyl groups excluding tert-OH is 1. The van der Waals surface area contributed by atoms with E-state index < -0.39 is 54.8 Å². The number of primary amides is 1. The third kappa shape index (κ3) is 6.50. The van der Waals surface area contributed by atoms with Gasteiger partial charge in [0.2, 0.25) is 17.7 Å². The fourth-order valence-electron chi connectivity index (χ4n) is 1.44. The van der Waals surface area contributed by atoms with Crippen LogP contribution in [0.3, 0.4) is 0 Å². The van der Waals surface area contributed by atoms with E-state index in [1.54, 1.807) is 13.8 Å². The Morgan fingerprint density at radius 3 is 1.91 bits per heavy atom. The van der Waals surface area contributed by atoms with Crippen molar-refractivity contribution in [3.05, 3.63) is 0 Å². The van der Waals surface area contributed by atoms with Gasteiger partial charge in [-0.25, -0.2) is 4.79 Å². The Balaban J connectivity index is 4.97. The Hall–Kier alpha value is -2.20. The zero-order valence-corrected chi connectivity index (χ0v) is 12.4. The average molecular weight is 318 g/mol. The van der Waals surface area contributed by atoms with E-state index in [1.807, 2.05) is 5.32 Å². The largest absolute Gasteiger partial charge is 0.480 e. The van der Waals surface area contributed by atoms with Crippen LogP contribution in [0, 0.1) is 5.92 Å². The summed E-state index contributed by atoms with van der Waals surface area (Å²) in [5.74, 6) is -4.16. The molecule has 10 nitrogen and oxygen atoms in total. The first-order chi connectivity index (χ1) is 10.1. The van der Waals surface area contributed by atoms with Crippen molar-refractivity contribution < 1.29 is 29.4 Å². The molecule has 0 radical (unpaired) electrons. The Labute approximate surface area is 127 Å². The van der Waals surface area contributed by atoms with Crippen molar-refractivity contribution in [2.75, 3.05) is 6.61 Å². The maximum Gasteiger partial charge on any atom is 0.328 e. The van der Waals surface area contributed by atoms with E-state index in [9.17, 15) is 19.2 Å². The number of carboxylic acid groups (broad SMARTS) is 1. The van der Waals surface area contributed by atoms with Crippen LogP contribution < -0.4 is 22.1 Å². The SMILES string of the molecule is CC(C)[C@H](N)C(=O)N[C@@H](CC(N)=O)C(=O)N[C@@H](CO)C(=O)O. The van der Waals surface area contributed by atoms with Gasteiger partial charge in [0, 0.05) is 0 Å². The average Bonchev–Trinajstić information content (AvgIpc) is 2.41. The summed E-state index contributed by atoms with van der Waals surface area (Å²) in [6.07, 6.45) is -0.528. The summed E-state index contributed by atoms with van der Waals surface area (Å²) in [7, 11) is 0. The summed E-state index contributed by atoms with van der Waals surface area (Å²) in [5, 5.41) is 21.9. The lowest BCUT2D eigenvalue weighted by Gasteiger charge is -2.22. The van der Waals surface area contributed by atoms with E-state index in [2.05, 4.69) is 5.32 Å². The molecule has 0 fully saturated rings. The molecule has 8 N–H and O–H groups in total. The van der Waals surface area contributed by atoms with Crippen LogP contribution in [0.2, 0.25) is 0 Å². The second kappa shape index (κ2) is 8.95. The zero-order valence-electron chi connectivity index (χ0n) is 12.4. The van der Waals surface area contributed by atoms with E-state index >= 15 is 0 Å². The monoisotopic (exact) mass is 318 g/mol. The molecule has 0 saturated heterocycles. The number of aliphatic carboxylic acids is 1. The number of aliphatic hydroxyl groups is 1. The molecule has 126 valence electrons. The molecule has 22 heavy (non-hydrogen) atoms. The molecular weight excluding hydrogens is 296 g/mol. The molecule has 0 aromatic heterocycles. The first kappa shape index (κ1) is 19.8. The number of rotatable bonds is 9. The molecule has 0 heterocycles. The van der Waals surface area contributed by atoms with Crippen molar-refractivity contribution >= 4 is 23.7 Å². The number of hydrogen-bond acceptors (Lipinski definition) is 6. The maximum atomic E-state index is 11.9. The zero-order chi connectivity index (χ0) is 17.4. The molecule has 0 rings (SSSR count). The van der Waals surface area contributed by atoms with Crippen LogP contribution in [0.4, 0.5) is 0 Å². The molecule has 0 aromatic carbocycles. The number of nitrogens with one attached hydrogen (secondary N) is 2. The van der Waals surface area contributed by atoms with Crippen LogP contribution in [0.25, 0.3) is 0 Å². The summed E-state index contributed by atoms with van der Waals surface area (Å²) >= 11 is 0. The van der Waals surface area contributed by atoms with Gasteiger partial charge in [-0.3, -0.25) is 14.4 Å². The van der Waals surface area contributed by atoms with Crippen molar-refractivity contribution in [2.45, 2.75) is 38.4 Å². The van der Waals surface area contributed by atoms with E-state index in [-0.39, 0.29) is 5.92 Å². The first-order valence-corrected chi connectivity index (χ1v) is 6.58. The molecule has 0 aliphatic rings. The van der Waals surface area contributed by atoms with Gasteiger partial charge in [-0.15, -0.1) is 0 Å². The molecule has 0 aliphatic heterocycles. The van der Waals surface area contributed by atoms with Crippen molar-refractivity contribution in [3.63, 3.8) is 0 Å². The fourth-order valence-corrected chi connectivity index (χ4v) is 1.44. The molecule has 0 bridgehead atoms. The molecule has 0 saturated carbocycles. The summed E-state index contributed by atoms with van der Waals surface area (Å²) < 4.78 is 0. The summed E-state index contributed by atoms with van der Waals surface area (Å²) in [5.41, 5.74) is 10.6. The molecule has 0 aromatic rings. The van der Waals surface area contributed by atoms with Gasteiger partial charge in [0.25, 0.3) is 0 Å². The van der Waals surface area contributed by atoms with Gasteiger partial charge in [-0.1, -0.05) is 13.8 Å². The van der Waals surface area contributed by atoms with Crippen LogP contribution in [-0.2, 0) is 19.2 Å². The highest BCUT2D eigenvalue weighted by Gasteiger charge is 2.29. The van der Waals surface area contributed by atoms with E-state index in [0.29, 0.717) is 0 Å². The number of nitrogens with two attached hydrogens (primary N) is 2. The molecule has 0 spiro atoms. The van der Waals surface area contributed by atoms with Crippen LogP contribution in [-0.4, -0.2) is 58.6 Å². The van der Waals surface area contributed by atoms with Crippen LogP contribution in [0.1, 0.15) is 20.3 Å². The fraction of sp³-hybridized carbons (Fsp3) is 0.667. The predicted octanol–water partition coefficient (Wildman–Crippen LogP) is -3.11. The minimum absolute atomic E-state index is 0.207. The Morgan fingerprint density at radius 2 is 1.55 bits per heavy atom. The molecule has 3 atom stereocenters. The highest BCUT2D eigenvalue weighted by atomic mass is 16.4. The molecule has 0 unspecified atom stereocenters. The standard InChI is InChI=1S/C12H22N4O6/c1-5(2)9(14)11(20)15-6(3-8(13)18)10(19)16-7(4-17)12(21)22/h5-7,9,17H,3-4,14H2,1-2H3,(H2,13,18)(H,15,20)(H,16,19)(H,21,22)/t6-,7-,9-/m0/s1. The highest BCUT2D eigenvalue weighted by Crippen LogP contribution is 2.01. The lowest BCUT2D eigenvalue weighted by atomic mass is 10.0. The Morgan fingerprint density at radius 1 is 1.05 bits per heavy atom. The molecule has 0 aliphatic carbocycles. The number of amides is 3. The van der Waals surface area contributed by atoms with Gasteiger partial charge in [0.05, 0.1) is 19.1 Å². The smallest absolute Gasteiger partial charge is 0.328 e. The predicted molar refractivity (Wildman–Crippen MR) is 75.2 cm³/mol. The normalized spacial score (nSPS) is 14.8. The van der Waals surface area contributed by atoms with Gasteiger partial charge < -0.3 is 32.3 Å². The minimum Gasteiger partial charge on any atom is -0.480 e. The van der Waals surface area contributed by atoms with Gasteiger partial charge >= 0.3 is 5.97 Å². The summed E-state index contributed by atoms with van der Waals surface area (Å²) in [6.45, 7) is 2.54. The van der Waals surface area contributed by atoms with Crippen LogP contribution in [0.5, 0.6) is 0 Å².